The summed E-state index contributed by atoms with van der Waals surface area (Å²) in [7, 11) is 0. The molecule has 1 fully saturated rings. The van der Waals surface area contributed by atoms with Gasteiger partial charge in [0.05, 0.1) is 0 Å². The molecule has 1 saturated heterocycles. The van der Waals surface area contributed by atoms with E-state index in [1.54, 1.807) is 6.92 Å². The fourth-order valence-corrected chi connectivity index (χ4v) is 2.08. The van der Waals surface area contributed by atoms with Gasteiger partial charge in [-0.2, -0.15) is 4.98 Å². The molecule has 1 aliphatic heterocycles. The summed E-state index contributed by atoms with van der Waals surface area (Å²) < 4.78 is 0. The van der Waals surface area contributed by atoms with E-state index in [-0.39, 0.29) is 0 Å². The SMILES string of the molecule is CC1CN(c2n[nH]c(C(C)O)n2)CC(C)N1. The second-order valence-electron chi connectivity index (χ2n) is 4.57. The number of aliphatic hydroxyl groups is 1. The number of aromatic amines is 1. The van der Waals surface area contributed by atoms with E-state index in [0.717, 1.165) is 13.1 Å². The molecule has 0 spiro atoms. The van der Waals surface area contributed by atoms with Gasteiger partial charge in [0, 0.05) is 25.2 Å². The highest BCUT2D eigenvalue weighted by molar-refractivity contribution is 5.31. The number of hydrogen-bond donors (Lipinski definition) is 3. The van der Waals surface area contributed by atoms with Crippen molar-refractivity contribution in [1.29, 1.82) is 0 Å². The molecule has 1 aromatic rings. The molecule has 0 aliphatic carbocycles. The molecule has 6 heteroatoms. The number of aliphatic hydroxyl groups excluding tert-OH is 1. The van der Waals surface area contributed by atoms with Gasteiger partial charge in [-0.25, -0.2) is 0 Å². The number of nitrogens with one attached hydrogen (secondary N) is 2. The van der Waals surface area contributed by atoms with E-state index in [2.05, 4.69) is 39.2 Å². The standard InChI is InChI=1S/C10H19N5O/c1-6-4-15(5-7(2)11-6)10-12-9(8(3)16)13-14-10/h6-8,11,16H,4-5H2,1-3H3,(H,12,13,14). The summed E-state index contributed by atoms with van der Waals surface area (Å²) in [4.78, 5) is 6.42. The Morgan fingerprint density at radius 1 is 1.38 bits per heavy atom. The molecular formula is C10H19N5O. The van der Waals surface area contributed by atoms with Crippen molar-refractivity contribution in [1.82, 2.24) is 20.5 Å². The summed E-state index contributed by atoms with van der Waals surface area (Å²) in [5.41, 5.74) is 0. The second-order valence-corrected chi connectivity index (χ2v) is 4.57. The maximum absolute atomic E-state index is 9.37. The number of aromatic nitrogens is 3. The number of piperazine rings is 1. The number of H-pyrrole nitrogens is 1. The Hall–Kier alpha value is -1.14. The summed E-state index contributed by atoms with van der Waals surface area (Å²) in [6.45, 7) is 7.74. The highest BCUT2D eigenvalue weighted by atomic mass is 16.3. The molecule has 1 aliphatic rings. The lowest BCUT2D eigenvalue weighted by molar-refractivity contribution is 0.189. The molecule has 0 amide bonds. The van der Waals surface area contributed by atoms with Crippen LogP contribution in [0.25, 0.3) is 0 Å². The van der Waals surface area contributed by atoms with Crippen molar-refractivity contribution < 1.29 is 5.11 Å². The zero-order valence-corrected chi connectivity index (χ0v) is 9.94. The Bertz CT molecular complexity index is 341. The quantitative estimate of drug-likeness (QED) is 0.662. The van der Waals surface area contributed by atoms with Gasteiger partial charge in [0.1, 0.15) is 6.10 Å². The first-order valence-electron chi connectivity index (χ1n) is 5.67. The lowest BCUT2D eigenvalue weighted by Crippen LogP contribution is -2.54. The molecule has 2 heterocycles. The highest BCUT2D eigenvalue weighted by Gasteiger charge is 2.24. The molecule has 90 valence electrons. The van der Waals surface area contributed by atoms with Crippen molar-refractivity contribution in [2.75, 3.05) is 18.0 Å². The molecule has 3 atom stereocenters. The molecule has 0 aromatic carbocycles. The summed E-state index contributed by atoms with van der Waals surface area (Å²) in [6, 6.07) is 0.856. The largest absolute Gasteiger partial charge is 0.385 e. The average Bonchev–Trinajstić information content (AvgIpc) is 2.64. The number of rotatable bonds is 2. The third-order valence-electron chi connectivity index (χ3n) is 2.73. The van der Waals surface area contributed by atoms with Gasteiger partial charge in [-0.1, -0.05) is 0 Å². The highest BCUT2D eigenvalue weighted by Crippen LogP contribution is 2.15. The zero-order chi connectivity index (χ0) is 11.7. The predicted octanol–water partition coefficient (Wildman–Crippen LogP) is 0.0446. The van der Waals surface area contributed by atoms with Crippen molar-refractivity contribution in [2.45, 2.75) is 39.0 Å². The van der Waals surface area contributed by atoms with Gasteiger partial charge in [0.25, 0.3) is 0 Å². The third-order valence-corrected chi connectivity index (χ3v) is 2.73. The van der Waals surface area contributed by atoms with Crippen LogP contribution in [0.4, 0.5) is 5.95 Å². The molecule has 0 radical (unpaired) electrons. The third kappa shape index (κ3) is 2.33. The van der Waals surface area contributed by atoms with E-state index in [0.29, 0.717) is 23.9 Å². The molecule has 0 saturated carbocycles. The molecule has 3 unspecified atom stereocenters. The van der Waals surface area contributed by atoms with Crippen LogP contribution in [-0.2, 0) is 0 Å². The number of hydrogen-bond acceptors (Lipinski definition) is 5. The summed E-state index contributed by atoms with van der Waals surface area (Å²) in [6.07, 6.45) is -0.598. The molecule has 3 N–H and O–H groups in total. The maximum Gasteiger partial charge on any atom is 0.244 e. The fraction of sp³-hybridized carbons (Fsp3) is 0.800. The van der Waals surface area contributed by atoms with Crippen LogP contribution in [0.1, 0.15) is 32.7 Å². The van der Waals surface area contributed by atoms with E-state index in [1.807, 2.05) is 0 Å². The number of anilines is 1. The minimum Gasteiger partial charge on any atom is -0.385 e. The van der Waals surface area contributed by atoms with Crippen molar-refractivity contribution in [3.8, 4) is 0 Å². The molecule has 6 nitrogen and oxygen atoms in total. The first-order chi connectivity index (χ1) is 7.56. The lowest BCUT2D eigenvalue weighted by Gasteiger charge is -2.35. The van der Waals surface area contributed by atoms with Crippen molar-refractivity contribution >= 4 is 5.95 Å². The lowest BCUT2D eigenvalue weighted by atomic mass is 10.1. The number of nitrogens with zero attached hydrogens (tertiary/aromatic N) is 3. The van der Waals surface area contributed by atoms with Gasteiger partial charge in [-0.15, -0.1) is 5.10 Å². The van der Waals surface area contributed by atoms with Crippen LogP contribution in [0, 0.1) is 0 Å². The van der Waals surface area contributed by atoms with E-state index >= 15 is 0 Å². The monoisotopic (exact) mass is 225 g/mol. The van der Waals surface area contributed by atoms with Gasteiger partial charge >= 0.3 is 0 Å². The summed E-state index contributed by atoms with van der Waals surface area (Å²) in [5, 5.41) is 19.7. The van der Waals surface area contributed by atoms with Crippen LogP contribution in [0.5, 0.6) is 0 Å². The Morgan fingerprint density at radius 2 is 2.00 bits per heavy atom. The minimum atomic E-state index is -0.598. The van der Waals surface area contributed by atoms with Gasteiger partial charge in [0.2, 0.25) is 5.95 Å². The Labute approximate surface area is 95.1 Å². The van der Waals surface area contributed by atoms with Crippen LogP contribution in [0.15, 0.2) is 0 Å². The van der Waals surface area contributed by atoms with Gasteiger partial charge < -0.3 is 15.3 Å². The minimum absolute atomic E-state index is 0.428. The maximum atomic E-state index is 9.37. The van der Waals surface area contributed by atoms with E-state index < -0.39 is 6.10 Å². The first kappa shape index (κ1) is 11.3. The van der Waals surface area contributed by atoms with E-state index in [4.69, 9.17) is 0 Å². The first-order valence-corrected chi connectivity index (χ1v) is 5.67. The van der Waals surface area contributed by atoms with E-state index in [1.165, 1.54) is 0 Å². The molecule has 0 bridgehead atoms. The average molecular weight is 225 g/mol. The van der Waals surface area contributed by atoms with Crippen LogP contribution >= 0.6 is 0 Å². The zero-order valence-electron chi connectivity index (χ0n) is 9.94. The predicted molar refractivity (Wildman–Crippen MR) is 61.3 cm³/mol. The van der Waals surface area contributed by atoms with E-state index in [9.17, 15) is 5.11 Å². The van der Waals surface area contributed by atoms with Crippen molar-refractivity contribution in [3.05, 3.63) is 5.82 Å². The molecule has 1 aromatic heterocycles. The Morgan fingerprint density at radius 3 is 2.50 bits per heavy atom. The Balaban J connectivity index is 2.10. The second kappa shape index (κ2) is 4.39. The molecular weight excluding hydrogens is 206 g/mol. The summed E-state index contributed by atoms with van der Waals surface area (Å²) in [5.74, 6) is 1.20. The normalized spacial score (nSPS) is 28.1. The van der Waals surface area contributed by atoms with Crippen molar-refractivity contribution in [3.63, 3.8) is 0 Å². The molecule has 2 rings (SSSR count). The van der Waals surface area contributed by atoms with Crippen LogP contribution < -0.4 is 10.2 Å². The van der Waals surface area contributed by atoms with Crippen LogP contribution in [0.2, 0.25) is 0 Å². The van der Waals surface area contributed by atoms with Gasteiger partial charge in [-0.3, -0.25) is 5.10 Å². The summed E-state index contributed by atoms with van der Waals surface area (Å²) >= 11 is 0. The van der Waals surface area contributed by atoms with Crippen LogP contribution in [-0.4, -0.2) is 45.5 Å². The fourth-order valence-electron chi connectivity index (χ4n) is 2.08. The Kier molecular flexibility index (Phi) is 3.11. The van der Waals surface area contributed by atoms with Gasteiger partial charge in [0.15, 0.2) is 5.82 Å². The van der Waals surface area contributed by atoms with Crippen LogP contribution in [0.3, 0.4) is 0 Å². The smallest absolute Gasteiger partial charge is 0.244 e. The van der Waals surface area contributed by atoms with Crippen molar-refractivity contribution in [2.24, 2.45) is 0 Å². The molecule has 16 heavy (non-hydrogen) atoms. The van der Waals surface area contributed by atoms with Gasteiger partial charge in [-0.05, 0) is 20.8 Å². The topological polar surface area (TPSA) is 77.1 Å².